The molecule has 4 rings (SSSR count). The number of fused-ring (bicyclic) bond motifs is 1. The topological polar surface area (TPSA) is 55.7 Å². The van der Waals surface area contributed by atoms with Crippen LogP contribution in [-0.2, 0) is 4.74 Å². The molecule has 2 heterocycles. The maximum atomic E-state index is 13.1. The number of carbonyl (C=O) groups excluding carboxylic acids is 1. The molecular weight excluding hydrogens is 410 g/mol. The van der Waals surface area contributed by atoms with Gasteiger partial charge in [0.15, 0.2) is 0 Å². The molecule has 0 radical (unpaired) electrons. The van der Waals surface area contributed by atoms with Gasteiger partial charge in [-0.1, -0.05) is 47.5 Å². The van der Waals surface area contributed by atoms with E-state index in [-0.39, 0.29) is 5.91 Å². The SMILES string of the molecule is Cc1ccc(-c2cc(C(=O)NCCC[NH+]3CCOCC3)c3ccc(Cl)c(C)c3n2)cc1. The third-order valence-electron chi connectivity index (χ3n) is 5.95. The van der Waals surface area contributed by atoms with Crippen molar-refractivity contribution in [2.75, 3.05) is 39.4 Å². The van der Waals surface area contributed by atoms with Crippen LogP contribution in [0.3, 0.4) is 0 Å². The van der Waals surface area contributed by atoms with Crippen LogP contribution >= 0.6 is 11.6 Å². The van der Waals surface area contributed by atoms with E-state index in [1.807, 2.05) is 37.3 Å². The quantitative estimate of drug-likeness (QED) is 0.581. The number of halogens is 1. The van der Waals surface area contributed by atoms with Crippen LogP contribution < -0.4 is 10.2 Å². The molecule has 2 N–H and O–H groups in total. The second-order valence-electron chi connectivity index (χ2n) is 8.21. The lowest BCUT2D eigenvalue weighted by Gasteiger charge is -2.23. The molecule has 1 aromatic heterocycles. The first-order valence-corrected chi connectivity index (χ1v) is 11.3. The number of aryl methyl sites for hydroxylation is 2. The third-order valence-corrected chi connectivity index (χ3v) is 6.36. The minimum atomic E-state index is -0.0699. The standard InChI is InChI=1S/C25H28ClN3O2/c1-17-4-6-19(7-5-17)23-16-21(20-8-9-22(26)18(2)24(20)28-23)25(30)27-10-3-11-29-12-14-31-15-13-29/h4-9,16H,3,10-15H2,1-2H3,(H,27,30)/p+1. The number of aromatic nitrogens is 1. The summed E-state index contributed by atoms with van der Waals surface area (Å²) < 4.78 is 5.41. The van der Waals surface area contributed by atoms with Crippen LogP contribution in [0.1, 0.15) is 27.9 Å². The van der Waals surface area contributed by atoms with Gasteiger partial charge in [0.1, 0.15) is 13.1 Å². The summed E-state index contributed by atoms with van der Waals surface area (Å²) in [6.45, 7) is 9.44. The maximum absolute atomic E-state index is 13.1. The van der Waals surface area contributed by atoms with Gasteiger partial charge in [0.25, 0.3) is 5.91 Å². The summed E-state index contributed by atoms with van der Waals surface area (Å²) in [5.74, 6) is -0.0699. The molecule has 0 bridgehead atoms. The Kier molecular flexibility index (Phi) is 6.86. The molecule has 1 saturated heterocycles. The van der Waals surface area contributed by atoms with E-state index in [1.165, 1.54) is 5.56 Å². The molecule has 3 aromatic rings. The largest absolute Gasteiger partial charge is 0.370 e. The number of morpholine rings is 1. The predicted molar refractivity (Wildman–Crippen MR) is 125 cm³/mol. The maximum Gasteiger partial charge on any atom is 0.252 e. The van der Waals surface area contributed by atoms with Gasteiger partial charge in [-0.15, -0.1) is 0 Å². The molecule has 0 saturated carbocycles. The minimum Gasteiger partial charge on any atom is -0.370 e. The molecule has 0 spiro atoms. The predicted octanol–water partition coefficient (Wildman–Crippen LogP) is 3.21. The van der Waals surface area contributed by atoms with Crippen LogP contribution in [0.2, 0.25) is 5.02 Å². The molecule has 1 aliphatic rings. The number of amides is 1. The van der Waals surface area contributed by atoms with Crippen molar-refractivity contribution in [3.8, 4) is 11.3 Å². The van der Waals surface area contributed by atoms with Gasteiger partial charge in [-0.25, -0.2) is 4.98 Å². The highest BCUT2D eigenvalue weighted by Crippen LogP contribution is 2.30. The Bertz CT molecular complexity index is 1080. The summed E-state index contributed by atoms with van der Waals surface area (Å²) in [7, 11) is 0. The summed E-state index contributed by atoms with van der Waals surface area (Å²) in [6.07, 6.45) is 0.944. The number of nitrogens with zero attached hydrogens (tertiary/aromatic N) is 1. The van der Waals surface area contributed by atoms with Crippen LogP contribution in [0.25, 0.3) is 22.2 Å². The zero-order valence-corrected chi connectivity index (χ0v) is 18.9. The van der Waals surface area contributed by atoms with E-state index in [4.69, 9.17) is 21.3 Å². The first-order valence-electron chi connectivity index (χ1n) is 10.9. The second kappa shape index (κ2) is 9.77. The van der Waals surface area contributed by atoms with Crippen LogP contribution in [0.5, 0.6) is 0 Å². The Morgan fingerprint density at radius 1 is 1.13 bits per heavy atom. The van der Waals surface area contributed by atoms with Crippen molar-refractivity contribution in [1.29, 1.82) is 0 Å². The van der Waals surface area contributed by atoms with Gasteiger partial charge >= 0.3 is 0 Å². The molecule has 0 unspecified atom stereocenters. The van der Waals surface area contributed by atoms with Crippen molar-refractivity contribution >= 4 is 28.4 Å². The molecule has 162 valence electrons. The molecule has 0 aliphatic carbocycles. The van der Waals surface area contributed by atoms with Crippen molar-refractivity contribution in [2.24, 2.45) is 0 Å². The summed E-state index contributed by atoms with van der Waals surface area (Å²) in [5, 5.41) is 4.59. The number of pyridine rings is 1. The van der Waals surface area contributed by atoms with Gasteiger partial charge < -0.3 is 15.0 Å². The molecule has 1 aliphatic heterocycles. The van der Waals surface area contributed by atoms with Gasteiger partial charge in [-0.3, -0.25) is 4.79 Å². The summed E-state index contributed by atoms with van der Waals surface area (Å²) >= 11 is 6.36. The van der Waals surface area contributed by atoms with E-state index in [0.29, 0.717) is 17.1 Å². The van der Waals surface area contributed by atoms with Crippen LogP contribution in [-0.4, -0.2) is 50.3 Å². The van der Waals surface area contributed by atoms with Crippen molar-refractivity contribution in [1.82, 2.24) is 10.3 Å². The van der Waals surface area contributed by atoms with Crippen molar-refractivity contribution in [2.45, 2.75) is 20.3 Å². The zero-order valence-electron chi connectivity index (χ0n) is 18.1. The number of ether oxygens (including phenoxy) is 1. The smallest absolute Gasteiger partial charge is 0.252 e. The van der Waals surface area contributed by atoms with Crippen molar-refractivity contribution < 1.29 is 14.4 Å². The number of quaternary nitrogens is 1. The number of benzene rings is 2. The molecular formula is C25H29ClN3O2+. The summed E-state index contributed by atoms with van der Waals surface area (Å²) in [5.41, 5.74) is 5.24. The fraction of sp³-hybridized carbons (Fsp3) is 0.360. The Morgan fingerprint density at radius 2 is 1.87 bits per heavy atom. The van der Waals surface area contributed by atoms with E-state index in [9.17, 15) is 4.79 Å². The lowest BCUT2D eigenvalue weighted by molar-refractivity contribution is -0.908. The first kappa shape index (κ1) is 21.8. The molecule has 1 fully saturated rings. The summed E-state index contributed by atoms with van der Waals surface area (Å²) in [4.78, 5) is 19.5. The fourth-order valence-corrected chi connectivity index (χ4v) is 4.16. The monoisotopic (exact) mass is 438 g/mol. The van der Waals surface area contributed by atoms with E-state index < -0.39 is 0 Å². The number of hydrogen-bond donors (Lipinski definition) is 2. The van der Waals surface area contributed by atoms with E-state index in [0.717, 1.165) is 67.0 Å². The number of nitrogens with one attached hydrogen (secondary N) is 2. The van der Waals surface area contributed by atoms with Crippen molar-refractivity contribution in [3.63, 3.8) is 0 Å². The molecule has 5 nitrogen and oxygen atoms in total. The van der Waals surface area contributed by atoms with E-state index in [1.54, 1.807) is 4.90 Å². The summed E-state index contributed by atoms with van der Waals surface area (Å²) in [6, 6.07) is 13.8. The van der Waals surface area contributed by atoms with Crippen LogP contribution in [0.4, 0.5) is 0 Å². The number of carbonyl (C=O) groups is 1. The first-order chi connectivity index (χ1) is 15.0. The molecule has 6 heteroatoms. The van der Waals surface area contributed by atoms with Gasteiger partial charge in [0.05, 0.1) is 36.5 Å². The highest BCUT2D eigenvalue weighted by Gasteiger charge is 2.17. The van der Waals surface area contributed by atoms with Gasteiger partial charge in [-0.05, 0) is 31.5 Å². The van der Waals surface area contributed by atoms with Gasteiger partial charge in [0.2, 0.25) is 0 Å². The van der Waals surface area contributed by atoms with Crippen molar-refractivity contribution in [3.05, 3.63) is 64.2 Å². The van der Waals surface area contributed by atoms with Gasteiger partial charge in [0, 0.05) is 28.9 Å². The van der Waals surface area contributed by atoms with E-state index in [2.05, 4.69) is 24.4 Å². The number of rotatable bonds is 6. The molecule has 0 atom stereocenters. The van der Waals surface area contributed by atoms with Gasteiger partial charge in [-0.2, -0.15) is 0 Å². The fourth-order valence-electron chi connectivity index (χ4n) is 4.01. The molecule has 2 aromatic carbocycles. The highest BCUT2D eigenvalue weighted by molar-refractivity contribution is 6.32. The van der Waals surface area contributed by atoms with Crippen LogP contribution in [0, 0.1) is 13.8 Å². The lowest BCUT2D eigenvalue weighted by atomic mass is 10.0. The third kappa shape index (κ3) is 5.06. The average Bonchev–Trinajstić information content (AvgIpc) is 2.79. The Hall–Kier alpha value is -2.47. The Morgan fingerprint density at radius 3 is 2.61 bits per heavy atom. The zero-order chi connectivity index (χ0) is 21.8. The minimum absolute atomic E-state index is 0.0699. The van der Waals surface area contributed by atoms with E-state index >= 15 is 0 Å². The number of hydrogen-bond acceptors (Lipinski definition) is 3. The average molecular weight is 439 g/mol. The Balaban J connectivity index is 1.58. The second-order valence-corrected chi connectivity index (χ2v) is 8.62. The lowest BCUT2D eigenvalue weighted by Crippen LogP contribution is -3.14. The highest BCUT2D eigenvalue weighted by atomic mass is 35.5. The Labute approximate surface area is 188 Å². The normalized spacial score (nSPS) is 14.7. The molecule has 31 heavy (non-hydrogen) atoms. The van der Waals surface area contributed by atoms with Crippen LogP contribution in [0.15, 0.2) is 42.5 Å². The molecule has 1 amide bonds.